The number of esters is 1. The highest BCUT2D eigenvalue weighted by Crippen LogP contribution is 2.19. The molecule has 0 radical (unpaired) electrons. The van der Waals surface area contributed by atoms with E-state index in [1.165, 1.54) is 6.20 Å². The molecule has 0 aromatic carbocycles. The van der Waals surface area contributed by atoms with Crippen LogP contribution in [0.2, 0.25) is 0 Å². The van der Waals surface area contributed by atoms with E-state index in [2.05, 4.69) is 16.9 Å². The number of carbonyl (C=O) groups excluding carboxylic acids is 1. The van der Waals surface area contributed by atoms with E-state index in [9.17, 15) is 4.79 Å². The van der Waals surface area contributed by atoms with Crippen LogP contribution in [-0.2, 0) is 9.47 Å². The Morgan fingerprint density at radius 2 is 2.17 bits per heavy atom. The zero-order chi connectivity index (χ0) is 13.5. The van der Waals surface area contributed by atoms with Gasteiger partial charge >= 0.3 is 5.97 Å². The summed E-state index contributed by atoms with van der Waals surface area (Å²) >= 11 is 0. The Hall–Kier alpha value is -1.49. The molecule has 1 aromatic rings. The first-order chi connectivity index (χ1) is 8.63. The van der Waals surface area contributed by atoms with Crippen LogP contribution in [0, 0.1) is 6.92 Å². The van der Waals surface area contributed by atoms with Gasteiger partial charge in [-0.15, -0.1) is 0 Å². The van der Waals surface area contributed by atoms with Crippen molar-refractivity contribution in [3.8, 4) is 0 Å². The lowest BCUT2D eigenvalue weighted by molar-refractivity contribution is 0.0523. The van der Waals surface area contributed by atoms with Gasteiger partial charge in [-0.2, -0.15) is 0 Å². The van der Waals surface area contributed by atoms with Crippen LogP contribution in [0.5, 0.6) is 0 Å². The van der Waals surface area contributed by atoms with Gasteiger partial charge in [0.1, 0.15) is 6.10 Å². The smallest absolute Gasteiger partial charge is 0.341 e. The van der Waals surface area contributed by atoms with Crippen molar-refractivity contribution < 1.29 is 14.3 Å². The number of hydrogen-bond acceptors (Lipinski definition) is 5. The normalized spacial score (nSPS) is 12.2. The van der Waals surface area contributed by atoms with Crippen molar-refractivity contribution in [3.63, 3.8) is 0 Å². The Kier molecular flexibility index (Phi) is 5.71. The number of carbonyl (C=O) groups is 1. The third-order valence-electron chi connectivity index (χ3n) is 2.62. The van der Waals surface area contributed by atoms with E-state index >= 15 is 0 Å². The molecule has 0 spiro atoms. The Bertz CT molecular complexity index is 407. The van der Waals surface area contributed by atoms with Crippen molar-refractivity contribution in [1.29, 1.82) is 0 Å². The number of aryl methyl sites for hydroxylation is 1. The van der Waals surface area contributed by atoms with E-state index in [0.717, 1.165) is 12.8 Å². The highest BCUT2D eigenvalue weighted by Gasteiger charge is 2.17. The second-order valence-electron chi connectivity index (χ2n) is 3.96. The summed E-state index contributed by atoms with van der Waals surface area (Å²) in [6.07, 6.45) is 3.23. The summed E-state index contributed by atoms with van der Waals surface area (Å²) in [5.41, 5.74) is 1.03. The van der Waals surface area contributed by atoms with Gasteiger partial charge in [0.25, 0.3) is 0 Å². The van der Waals surface area contributed by atoms with Gasteiger partial charge in [0, 0.05) is 13.3 Å². The molecule has 0 saturated carbocycles. The van der Waals surface area contributed by atoms with Crippen LogP contribution in [-0.4, -0.2) is 29.7 Å². The maximum atomic E-state index is 11.6. The molecule has 5 heteroatoms. The summed E-state index contributed by atoms with van der Waals surface area (Å²) in [5, 5.41) is 0. The molecule has 100 valence electrons. The Balaban J connectivity index is 2.94. The SMILES string of the molecule is CCCC(OC)c1ncc(C(=O)OCC)c(C)n1. The molecule has 0 aliphatic rings. The fraction of sp³-hybridized carbons (Fsp3) is 0.615. The van der Waals surface area contributed by atoms with Crippen molar-refractivity contribution in [3.05, 3.63) is 23.3 Å². The van der Waals surface area contributed by atoms with Crippen molar-refractivity contribution in [2.75, 3.05) is 13.7 Å². The maximum Gasteiger partial charge on any atom is 0.341 e. The lowest BCUT2D eigenvalue weighted by Gasteiger charge is -2.14. The molecule has 0 N–H and O–H groups in total. The summed E-state index contributed by atoms with van der Waals surface area (Å²) in [4.78, 5) is 20.1. The third-order valence-corrected chi connectivity index (χ3v) is 2.62. The highest BCUT2D eigenvalue weighted by molar-refractivity contribution is 5.90. The molecule has 1 heterocycles. The number of nitrogens with zero attached hydrogens (tertiary/aromatic N) is 2. The van der Waals surface area contributed by atoms with E-state index in [-0.39, 0.29) is 12.1 Å². The zero-order valence-corrected chi connectivity index (χ0v) is 11.4. The Morgan fingerprint density at radius 3 is 2.67 bits per heavy atom. The summed E-state index contributed by atoms with van der Waals surface area (Å²) in [6, 6.07) is 0. The summed E-state index contributed by atoms with van der Waals surface area (Å²) in [6.45, 7) is 5.96. The first-order valence-electron chi connectivity index (χ1n) is 6.17. The van der Waals surface area contributed by atoms with Gasteiger partial charge in [-0.1, -0.05) is 13.3 Å². The van der Waals surface area contributed by atoms with E-state index in [1.807, 2.05) is 0 Å². The van der Waals surface area contributed by atoms with Crippen LogP contribution < -0.4 is 0 Å². The fourth-order valence-electron chi connectivity index (χ4n) is 1.66. The van der Waals surface area contributed by atoms with Gasteiger partial charge in [-0.25, -0.2) is 14.8 Å². The van der Waals surface area contributed by atoms with Crippen molar-refractivity contribution in [2.24, 2.45) is 0 Å². The Morgan fingerprint density at radius 1 is 1.44 bits per heavy atom. The molecule has 0 aliphatic heterocycles. The summed E-state index contributed by atoms with van der Waals surface area (Å²) < 4.78 is 10.3. The number of methoxy groups -OCH3 is 1. The lowest BCUT2D eigenvalue weighted by Crippen LogP contribution is -2.13. The molecule has 18 heavy (non-hydrogen) atoms. The third kappa shape index (κ3) is 3.50. The van der Waals surface area contributed by atoms with E-state index in [0.29, 0.717) is 23.7 Å². The maximum absolute atomic E-state index is 11.6. The van der Waals surface area contributed by atoms with Crippen LogP contribution >= 0.6 is 0 Å². The van der Waals surface area contributed by atoms with Crippen LogP contribution in [0.4, 0.5) is 0 Å². The summed E-state index contributed by atoms with van der Waals surface area (Å²) in [7, 11) is 1.64. The molecule has 0 amide bonds. The van der Waals surface area contributed by atoms with Gasteiger partial charge in [-0.05, 0) is 20.3 Å². The molecule has 1 unspecified atom stereocenters. The van der Waals surface area contributed by atoms with Gasteiger partial charge in [0.05, 0.1) is 17.9 Å². The minimum absolute atomic E-state index is 0.120. The van der Waals surface area contributed by atoms with Crippen molar-refractivity contribution >= 4 is 5.97 Å². The fourth-order valence-corrected chi connectivity index (χ4v) is 1.66. The number of hydrogen-bond donors (Lipinski definition) is 0. The van der Waals surface area contributed by atoms with Gasteiger partial charge in [0.15, 0.2) is 5.82 Å². The van der Waals surface area contributed by atoms with E-state index in [4.69, 9.17) is 9.47 Å². The number of ether oxygens (including phenoxy) is 2. The molecular formula is C13H20N2O3. The average molecular weight is 252 g/mol. The van der Waals surface area contributed by atoms with Crippen LogP contribution in [0.25, 0.3) is 0 Å². The van der Waals surface area contributed by atoms with Crippen LogP contribution in [0.15, 0.2) is 6.20 Å². The molecule has 1 aromatic heterocycles. The molecule has 0 bridgehead atoms. The second kappa shape index (κ2) is 7.06. The first-order valence-corrected chi connectivity index (χ1v) is 6.17. The van der Waals surface area contributed by atoms with Crippen molar-refractivity contribution in [1.82, 2.24) is 9.97 Å². The minimum Gasteiger partial charge on any atom is -0.462 e. The first kappa shape index (κ1) is 14.6. The van der Waals surface area contributed by atoms with Crippen LogP contribution in [0.1, 0.15) is 54.7 Å². The molecule has 1 rings (SSSR count). The summed E-state index contributed by atoms with van der Waals surface area (Å²) in [5.74, 6) is 0.232. The van der Waals surface area contributed by atoms with E-state index < -0.39 is 0 Å². The molecule has 1 atom stereocenters. The standard InChI is InChI=1S/C13H20N2O3/c1-5-7-11(17-4)12-14-8-10(9(3)15-12)13(16)18-6-2/h8,11H,5-7H2,1-4H3. The zero-order valence-electron chi connectivity index (χ0n) is 11.4. The van der Waals surface area contributed by atoms with Crippen LogP contribution in [0.3, 0.4) is 0 Å². The topological polar surface area (TPSA) is 61.3 Å². The van der Waals surface area contributed by atoms with Gasteiger partial charge in [-0.3, -0.25) is 0 Å². The Labute approximate surface area is 108 Å². The molecule has 0 fully saturated rings. The quantitative estimate of drug-likeness (QED) is 0.728. The minimum atomic E-state index is -0.383. The number of rotatable bonds is 6. The molecular weight excluding hydrogens is 232 g/mol. The van der Waals surface area contributed by atoms with E-state index in [1.54, 1.807) is 21.0 Å². The lowest BCUT2D eigenvalue weighted by atomic mass is 10.2. The highest BCUT2D eigenvalue weighted by atomic mass is 16.5. The average Bonchev–Trinajstić information content (AvgIpc) is 2.36. The molecule has 0 saturated heterocycles. The molecule has 5 nitrogen and oxygen atoms in total. The van der Waals surface area contributed by atoms with Gasteiger partial charge < -0.3 is 9.47 Å². The monoisotopic (exact) mass is 252 g/mol. The largest absolute Gasteiger partial charge is 0.462 e. The number of aromatic nitrogens is 2. The predicted molar refractivity (Wildman–Crippen MR) is 67.4 cm³/mol. The van der Waals surface area contributed by atoms with Gasteiger partial charge in [0.2, 0.25) is 0 Å². The second-order valence-corrected chi connectivity index (χ2v) is 3.96. The molecule has 0 aliphatic carbocycles. The van der Waals surface area contributed by atoms with Crippen molar-refractivity contribution in [2.45, 2.75) is 39.7 Å². The predicted octanol–water partition coefficient (Wildman–Crippen LogP) is 2.45.